The van der Waals surface area contributed by atoms with Crippen LogP contribution in [0.15, 0.2) is 28.7 Å². The number of ketones is 2. The van der Waals surface area contributed by atoms with Crippen molar-refractivity contribution in [1.29, 1.82) is 0 Å². The van der Waals surface area contributed by atoms with Crippen LogP contribution in [0.25, 0.3) is 0 Å². The number of aliphatic hydroxyl groups excluding tert-OH is 2. The number of rotatable bonds is 7. The van der Waals surface area contributed by atoms with E-state index in [0.29, 0.717) is 23.4 Å². The zero-order valence-corrected chi connectivity index (χ0v) is 24.6. The number of aliphatic hydroxyl groups is 3. The SMILES string of the molecule is CSCc1cc(CNCC(C)(C)C)c2c(c1O)C(=O)C1=C(O)C3(O)C(=O)C(C(N)=O)=C(O)C(N(C)C)C3CC1C2. The van der Waals surface area contributed by atoms with Crippen molar-refractivity contribution in [3.8, 4) is 5.75 Å². The van der Waals surface area contributed by atoms with Gasteiger partial charge in [-0.1, -0.05) is 20.8 Å². The van der Waals surface area contributed by atoms with Crippen LogP contribution in [0, 0.1) is 17.3 Å². The number of thioether (sulfide) groups is 1. The minimum atomic E-state index is -2.64. The second-order valence-corrected chi connectivity index (χ2v) is 13.3. The number of benzene rings is 1. The van der Waals surface area contributed by atoms with Crippen LogP contribution in [-0.4, -0.2) is 81.3 Å². The van der Waals surface area contributed by atoms with Gasteiger partial charge in [-0.25, -0.2) is 0 Å². The first-order chi connectivity index (χ1) is 18.6. The number of hydrogen-bond donors (Lipinski definition) is 6. The minimum Gasteiger partial charge on any atom is -0.510 e. The number of aromatic hydroxyl groups is 1. The summed E-state index contributed by atoms with van der Waals surface area (Å²) >= 11 is 1.49. The van der Waals surface area contributed by atoms with Crippen LogP contribution in [0.5, 0.6) is 5.75 Å². The number of Topliss-reactive ketones (excluding diaryl/α,β-unsaturated/α-hetero) is 2. The van der Waals surface area contributed by atoms with Crippen molar-refractivity contribution in [1.82, 2.24) is 10.2 Å². The fraction of sp³-hybridized carbons (Fsp3) is 0.552. The van der Waals surface area contributed by atoms with E-state index in [1.54, 1.807) is 19.0 Å². The second-order valence-electron chi connectivity index (χ2n) is 12.5. The second kappa shape index (κ2) is 10.5. The van der Waals surface area contributed by atoms with Gasteiger partial charge in [0.1, 0.15) is 22.8 Å². The third-order valence-corrected chi connectivity index (χ3v) is 8.76. The predicted molar refractivity (Wildman–Crippen MR) is 152 cm³/mol. The summed E-state index contributed by atoms with van der Waals surface area (Å²) < 4.78 is 0. The largest absolute Gasteiger partial charge is 0.510 e. The number of allylic oxidation sites excluding steroid dienone is 1. The molecule has 1 aromatic rings. The van der Waals surface area contributed by atoms with Gasteiger partial charge in [-0.3, -0.25) is 19.3 Å². The average molecular weight is 574 g/mol. The van der Waals surface area contributed by atoms with Crippen LogP contribution in [0.1, 0.15) is 54.2 Å². The van der Waals surface area contributed by atoms with Gasteiger partial charge in [0.2, 0.25) is 5.78 Å². The van der Waals surface area contributed by atoms with E-state index >= 15 is 0 Å². The van der Waals surface area contributed by atoms with Gasteiger partial charge in [0.15, 0.2) is 11.4 Å². The van der Waals surface area contributed by atoms with Gasteiger partial charge >= 0.3 is 0 Å². The van der Waals surface area contributed by atoms with Gasteiger partial charge in [0.05, 0.1) is 11.6 Å². The number of nitrogens with two attached hydrogens (primary N) is 1. The Labute approximate surface area is 238 Å². The lowest BCUT2D eigenvalue weighted by Crippen LogP contribution is -2.63. The first-order valence-corrected chi connectivity index (χ1v) is 14.7. The lowest BCUT2D eigenvalue weighted by atomic mass is 9.58. The van der Waals surface area contributed by atoms with Gasteiger partial charge < -0.3 is 31.5 Å². The van der Waals surface area contributed by atoms with Gasteiger partial charge in [-0.2, -0.15) is 11.8 Å². The summed E-state index contributed by atoms with van der Waals surface area (Å²) in [5, 5.41) is 48.8. The molecule has 0 spiro atoms. The molecule has 3 aliphatic carbocycles. The highest BCUT2D eigenvalue weighted by Gasteiger charge is 2.63. The molecular formula is C29H39N3O7S. The molecule has 4 rings (SSSR count). The van der Waals surface area contributed by atoms with Crippen LogP contribution in [-0.2, 0) is 28.3 Å². The fourth-order valence-corrected chi connectivity index (χ4v) is 6.98. The van der Waals surface area contributed by atoms with Crippen molar-refractivity contribution >= 4 is 29.2 Å². The van der Waals surface area contributed by atoms with Crippen molar-refractivity contribution in [3.63, 3.8) is 0 Å². The summed E-state index contributed by atoms with van der Waals surface area (Å²) in [6.45, 7) is 7.51. The van der Waals surface area contributed by atoms with Gasteiger partial charge in [0, 0.05) is 35.9 Å². The Morgan fingerprint density at radius 2 is 1.85 bits per heavy atom. The molecule has 4 unspecified atom stereocenters. The first kappa shape index (κ1) is 30.1. The third-order valence-electron chi connectivity index (χ3n) is 8.16. The summed E-state index contributed by atoms with van der Waals surface area (Å²) in [6, 6.07) is 0.887. The maximum Gasteiger partial charge on any atom is 0.255 e. The van der Waals surface area contributed by atoms with Gasteiger partial charge in [-0.15, -0.1) is 0 Å². The van der Waals surface area contributed by atoms with Gasteiger partial charge in [0.25, 0.3) is 5.91 Å². The molecule has 7 N–H and O–H groups in total. The summed E-state index contributed by atoms with van der Waals surface area (Å²) in [5.41, 5.74) is 3.95. The number of carbonyl (C=O) groups excluding carboxylic acids is 3. The molecule has 0 saturated heterocycles. The fourth-order valence-electron chi connectivity index (χ4n) is 6.45. The Balaban J connectivity index is 1.90. The quantitative estimate of drug-likeness (QED) is 0.265. The van der Waals surface area contributed by atoms with E-state index in [0.717, 1.165) is 12.1 Å². The summed E-state index contributed by atoms with van der Waals surface area (Å²) in [4.78, 5) is 41.2. The predicted octanol–water partition coefficient (Wildman–Crippen LogP) is 2.12. The number of amides is 1. The molecule has 1 amide bonds. The Bertz CT molecular complexity index is 1340. The molecule has 3 aliphatic rings. The van der Waals surface area contributed by atoms with E-state index in [2.05, 4.69) is 26.1 Å². The van der Waals surface area contributed by atoms with Crippen LogP contribution in [0.4, 0.5) is 0 Å². The standard InChI is InChI=1S/C29H39N3O7S/c1-28(2,3)12-31-10-14-7-15(11-40-6)22(33)19-16(14)8-13-9-17-21(32(4)5)24(35)20(27(30)38)26(37)29(17,39)25(36)18(13)23(19)34/h7,13,17,21,31,33,35-36,39H,8-12H2,1-6H3,(H2,30,38). The van der Waals surface area contributed by atoms with Crippen LogP contribution in [0.3, 0.4) is 0 Å². The van der Waals surface area contributed by atoms with Crippen molar-refractivity contribution in [2.75, 3.05) is 26.9 Å². The summed E-state index contributed by atoms with van der Waals surface area (Å²) in [6.07, 6.45) is 2.22. The molecule has 0 fully saturated rings. The molecule has 0 aromatic heterocycles. The van der Waals surface area contributed by atoms with Crippen LogP contribution in [0.2, 0.25) is 0 Å². The molecule has 4 atom stereocenters. The number of carbonyl (C=O) groups is 3. The number of fused-ring (bicyclic) bond motifs is 3. The van der Waals surface area contributed by atoms with Crippen molar-refractivity contribution < 1.29 is 34.8 Å². The molecule has 218 valence electrons. The van der Waals surface area contributed by atoms with Gasteiger partial charge in [-0.05, 0) is 61.7 Å². The first-order valence-electron chi connectivity index (χ1n) is 13.3. The number of phenolic OH excluding ortho intramolecular Hbond substituents is 1. The molecule has 0 bridgehead atoms. The molecule has 1 aromatic carbocycles. The van der Waals surface area contributed by atoms with E-state index in [1.165, 1.54) is 11.8 Å². The highest BCUT2D eigenvalue weighted by atomic mass is 32.2. The minimum absolute atomic E-state index is 0.0262. The highest BCUT2D eigenvalue weighted by molar-refractivity contribution is 7.97. The van der Waals surface area contributed by atoms with E-state index in [9.17, 15) is 34.8 Å². The van der Waals surface area contributed by atoms with E-state index < -0.39 is 58.0 Å². The van der Waals surface area contributed by atoms with E-state index in [1.807, 2.05) is 12.3 Å². The smallest absolute Gasteiger partial charge is 0.255 e. The number of nitrogens with one attached hydrogen (secondary N) is 1. The molecule has 10 nitrogen and oxygen atoms in total. The molecule has 40 heavy (non-hydrogen) atoms. The van der Waals surface area contributed by atoms with Crippen LogP contribution >= 0.6 is 11.8 Å². The Morgan fingerprint density at radius 3 is 2.40 bits per heavy atom. The van der Waals surface area contributed by atoms with Crippen LogP contribution < -0.4 is 11.1 Å². The van der Waals surface area contributed by atoms with Crippen molar-refractivity contribution in [2.24, 2.45) is 23.0 Å². The molecule has 11 heteroatoms. The lowest BCUT2D eigenvalue weighted by molar-refractivity contribution is -0.148. The Kier molecular flexibility index (Phi) is 7.92. The molecule has 0 heterocycles. The molecule has 0 radical (unpaired) electrons. The number of phenols is 1. The van der Waals surface area contributed by atoms with E-state index in [-0.39, 0.29) is 35.1 Å². The number of primary amides is 1. The van der Waals surface area contributed by atoms with E-state index in [4.69, 9.17) is 5.73 Å². The number of hydrogen-bond acceptors (Lipinski definition) is 10. The topological polar surface area (TPSA) is 173 Å². The monoisotopic (exact) mass is 573 g/mol. The lowest BCUT2D eigenvalue weighted by Gasteiger charge is -2.50. The maximum atomic E-state index is 14.1. The zero-order valence-electron chi connectivity index (χ0n) is 23.8. The van der Waals surface area contributed by atoms with Crippen molar-refractivity contribution in [2.45, 2.75) is 57.6 Å². The molecular weight excluding hydrogens is 534 g/mol. The average Bonchev–Trinajstić information content (AvgIpc) is 2.83. The zero-order chi connectivity index (χ0) is 29.9. The highest BCUT2D eigenvalue weighted by Crippen LogP contribution is 2.52. The third kappa shape index (κ3) is 4.72. The number of nitrogens with zero attached hydrogens (tertiary/aromatic N) is 1. The number of likely N-dealkylation sites (N-methyl/N-ethyl adjacent to an activating group) is 1. The van der Waals surface area contributed by atoms with Crippen molar-refractivity contribution in [3.05, 3.63) is 51.0 Å². The molecule has 0 aliphatic heterocycles. The summed E-state index contributed by atoms with van der Waals surface area (Å²) in [7, 11) is 3.22. The maximum absolute atomic E-state index is 14.1. The molecule has 0 saturated carbocycles. The Morgan fingerprint density at radius 1 is 1.20 bits per heavy atom. The normalized spacial score (nSPS) is 26.6. The summed E-state index contributed by atoms with van der Waals surface area (Å²) in [5.74, 6) is -5.96. The Hall–Kier alpha value is -2.86.